The summed E-state index contributed by atoms with van der Waals surface area (Å²) in [6, 6.07) is 4.89. The number of oxime groups is 1. The molecule has 0 aliphatic heterocycles. The fourth-order valence-corrected chi connectivity index (χ4v) is 1.48. The fraction of sp³-hybridized carbons (Fsp3) is 0.100. The van der Waals surface area contributed by atoms with Crippen LogP contribution in [0.4, 0.5) is 0 Å². The minimum Gasteiger partial charge on any atom is -0.422 e. The average Bonchev–Trinajstić information content (AvgIpc) is 2.76. The monoisotopic (exact) mass is 267 g/mol. The van der Waals surface area contributed by atoms with Crippen LogP contribution in [0.25, 0.3) is 0 Å². The van der Waals surface area contributed by atoms with Crippen molar-refractivity contribution in [1.82, 2.24) is 14.8 Å². The Bertz CT molecular complexity index is 596. The van der Waals surface area contributed by atoms with Gasteiger partial charge in [-0.15, -0.1) is 5.10 Å². The van der Waals surface area contributed by atoms with E-state index >= 15 is 0 Å². The maximum Gasteiger partial charge on any atom is 0.341 e. The van der Waals surface area contributed by atoms with Crippen LogP contribution in [0, 0.1) is 0 Å². The van der Waals surface area contributed by atoms with Gasteiger partial charge in [0.15, 0.2) is 5.84 Å². The van der Waals surface area contributed by atoms with E-state index in [1.165, 1.54) is 17.1 Å². The van der Waals surface area contributed by atoms with Gasteiger partial charge >= 0.3 is 6.01 Å². The molecule has 2 rings (SSSR count). The highest BCUT2D eigenvalue weighted by Crippen LogP contribution is 2.25. The van der Waals surface area contributed by atoms with Crippen molar-refractivity contribution in [2.45, 2.75) is 0 Å². The van der Waals surface area contributed by atoms with E-state index < -0.39 is 0 Å². The first-order valence-electron chi connectivity index (χ1n) is 4.91. The van der Waals surface area contributed by atoms with Gasteiger partial charge in [0.05, 0.1) is 5.56 Å². The molecule has 0 aliphatic rings. The second-order valence-corrected chi connectivity index (χ2v) is 3.87. The summed E-state index contributed by atoms with van der Waals surface area (Å²) in [6.07, 6.45) is 1.49. The summed E-state index contributed by atoms with van der Waals surface area (Å²) in [5.74, 6) is 0.240. The third-order valence-electron chi connectivity index (χ3n) is 2.11. The Morgan fingerprint density at radius 1 is 1.56 bits per heavy atom. The first kappa shape index (κ1) is 12.2. The van der Waals surface area contributed by atoms with Crippen LogP contribution in [0.3, 0.4) is 0 Å². The third kappa shape index (κ3) is 2.51. The van der Waals surface area contributed by atoms with Crippen LogP contribution in [0.5, 0.6) is 11.8 Å². The highest BCUT2D eigenvalue weighted by Gasteiger charge is 2.12. The van der Waals surface area contributed by atoms with Crippen molar-refractivity contribution in [3.05, 3.63) is 35.1 Å². The molecule has 8 heteroatoms. The first-order chi connectivity index (χ1) is 8.60. The third-order valence-corrected chi connectivity index (χ3v) is 2.34. The molecule has 18 heavy (non-hydrogen) atoms. The van der Waals surface area contributed by atoms with E-state index in [4.69, 9.17) is 27.3 Å². The lowest BCUT2D eigenvalue weighted by molar-refractivity contribution is 0.318. The van der Waals surface area contributed by atoms with E-state index in [-0.39, 0.29) is 11.8 Å². The van der Waals surface area contributed by atoms with Crippen LogP contribution in [0.1, 0.15) is 5.56 Å². The Balaban J connectivity index is 2.38. The molecule has 0 radical (unpaired) electrons. The molecule has 0 fully saturated rings. The van der Waals surface area contributed by atoms with Crippen LogP contribution in [0.15, 0.2) is 29.7 Å². The number of aromatic nitrogens is 3. The Morgan fingerprint density at radius 2 is 2.33 bits per heavy atom. The molecule has 3 N–H and O–H groups in total. The van der Waals surface area contributed by atoms with Crippen LogP contribution in [-0.2, 0) is 7.05 Å². The molecule has 1 aromatic carbocycles. The predicted molar refractivity (Wildman–Crippen MR) is 65.0 cm³/mol. The van der Waals surface area contributed by atoms with Crippen molar-refractivity contribution in [2.75, 3.05) is 0 Å². The van der Waals surface area contributed by atoms with Gasteiger partial charge < -0.3 is 15.7 Å². The second-order valence-electron chi connectivity index (χ2n) is 3.43. The lowest BCUT2D eigenvalue weighted by Crippen LogP contribution is -2.14. The van der Waals surface area contributed by atoms with E-state index in [0.29, 0.717) is 16.3 Å². The van der Waals surface area contributed by atoms with E-state index in [1.54, 1.807) is 19.2 Å². The van der Waals surface area contributed by atoms with Gasteiger partial charge in [-0.25, -0.2) is 0 Å². The van der Waals surface area contributed by atoms with Gasteiger partial charge in [0.25, 0.3) is 0 Å². The van der Waals surface area contributed by atoms with Crippen molar-refractivity contribution < 1.29 is 9.94 Å². The smallest absolute Gasteiger partial charge is 0.341 e. The number of rotatable bonds is 3. The van der Waals surface area contributed by atoms with Crippen molar-refractivity contribution in [3.63, 3.8) is 0 Å². The minimum absolute atomic E-state index is 0.108. The molecule has 1 heterocycles. The standard InChI is InChI=1S/C10H10ClN5O2/c1-16-5-13-10(14-16)18-8-3-2-6(11)4-7(8)9(12)15-17/h2-5,17H,1H3,(H2,12,15). The molecule has 0 unspecified atom stereocenters. The van der Waals surface area contributed by atoms with Gasteiger partial charge in [0, 0.05) is 12.1 Å². The number of halogens is 1. The Labute approximate surface area is 107 Å². The van der Waals surface area contributed by atoms with E-state index in [1.807, 2.05) is 0 Å². The SMILES string of the molecule is Cn1cnc(Oc2ccc(Cl)cc2/C(N)=N/O)n1. The quantitative estimate of drug-likeness (QED) is 0.379. The van der Waals surface area contributed by atoms with Gasteiger partial charge in [-0.1, -0.05) is 16.8 Å². The zero-order valence-electron chi connectivity index (χ0n) is 9.41. The van der Waals surface area contributed by atoms with Gasteiger partial charge in [0.1, 0.15) is 12.1 Å². The van der Waals surface area contributed by atoms with Crippen LogP contribution in [0.2, 0.25) is 5.02 Å². The van der Waals surface area contributed by atoms with E-state index in [9.17, 15) is 0 Å². The Morgan fingerprint density at radius 3 is 2.94 bits per heavy atom. The number of amidine groups is 1. The largest absolute Gasteiger partial charge is 0.422 e. The van der Waals surface area contributed by atoms with Crippen molar-refractivity contribution in [2.24, 2.45) is 17.9 Å². The van der Waals surface area contributed by atoms with Gasteiger partial charge in [0.2, 0.25) is 0 Å². The average molecular weight is 268 g/mol. The number of hydrogen-bond acceptors (Lipinski definition) is 5. The molecule has 1 aromatic heterocycles. The summed E-state index contributed by atoms with van der Waals surface area (Å²) in [6.45, 7) is 0. The maximum absolute atomic E-state index is 8.70. The van der Waals surface area contributed by atoms with Crippen LogP contribution < -0.4 is 10.5 Å². The summed E-state index contributed by atoms with van der Waals surface area (Å²) in [5, 5.41) is 16.0. The topological polar surface area (TPSA) is 98.6 Å². The number of ether oxygens (including phenoxy) is 1. The van der Waals surface area contributed by atoms with Crippen molar-refractivity contribution in [1.29, 1.82) is 0 Å². The molecule has 0 aliphatic carbocycles. The molecule has 94 valence electrons. The molecule has 0 amide bonds. The highest BCUT2D eigenvalue weighted by atomic mass is 35.5. The summed E-state index contributed by atoms with van der Waals surface area (Å²) >= 11 is 5.84. The van der Waals surface area contributed by atoms with Gasteiger partial charge in [-0.2, -0.15) is 4.98 Å². The Kier molecular flexibility index (Phi) is 3.33. The maximum atomic E-state index is 8.70. The van der Waals surface area contributed by atoms with Crippen LogP contribution >= 0.6 is 11.6 Å². The van der Waals surface area contributed by atoms with Gasteiger partial charge in [-0.3, -0.25) is 4.68 Å². The van der Waals surface area contributed by atoms with E-state index in [0.717, 1.165) is 0 Å². The zero-order valence-corrected chi connectivity index (χ0v) is 10.2. The lowest BCUT2D eigenvalue weighted by Gasteiger charge is -2.07. The molecule has 2 aromatic rings. The second kappa shape index (κ2) is 4.92. The number of nitrogens with two attached hydrogens (primary N) is 1. The molecule has 7 nitrogen and oxygen atoms in total. The molecule has 0 spiro atoms. The summed E-state index contributed by atoms with van der Waals surface area (Å²) in [4.78, 5) is 3.91. The highest BCUT2D eigenvalue weighted by molar-refractivity contribution is 6.31. The molecule has 0 saturated carbocycles. The minimum atomic E-state index is -0.108. The summed E-state index contributed by atoms with van der Waals surface area (Å²) in [7, 11) is 1.71. The number of nitrogens with zero attached hydrogens (tertiary/aromatic N) is 4. The number of benzene rings is 1. The van der Waals surface area contributed by atoms with Crippen molar-refractivity contribution >= 4 is 17.4 Å². The molecular weight excluding hydrogens is 258 g/mol. The fourth-order valence-electron chi connectivity index (χ4n) is 1.31. The molecule has 0 saturated heterocycles. The number of aryl methyl sites for hydroxylation is 1. The molecular formula is C10H10ClN5O2. The molecule has 0 bridgehead atoms. The van der Waals surface area contributed by atoms with Gasteiger partial charge in [-0.05, 0) is 18.2 Å². The summed E-state index contributed by atoms with van der Waals surface area (Å²) in [5.41, 5.74) is 5.90. The van der Waals surface area contributed by atoms with E-state index in [2.05, 4.69) is 15.2 Å². The first-order valence-corrected chi connectivity index (χ1v) is 5.29. The zero-order chi connectivity index (χ0) is 13.1. The Hall–Kier alpha value is -2.28. The molecule has 0 atom stereocenters. The predicted octanol–water partition coefficient (Wildman–Crippen LogP) is 1.36. The lowest BCUT2D eigenvalue weighted by atomic mass is 10.2. The normalized spacial score (nSPS) is 11.6. The summed E-state index contributed by atoms with van der Waals surface area (Å²) < 4.78 is 6.93. The number of hydrogen-bond donors (Lipinski definition) is 2. The van der Waals surface area contributed by atoms with Crippen molar-refractivity contribution in [3.8, 4) is 11.8 Å². The van der Waals surface area contributed by atoms with Crippen LogP contribution in [-0.4, -0.2) is 25.8 Å².